The second-order valence-electron chi connectivity index (χ2n) is 9.09. The fourth-order valence-corrected chi connectivity index (χ4v) is 3.05. The predicted octanol–water partition coefficient (Wildman–Crippen LogP) is 2.67. The highest BCUT2D eigenvalue weighted by Gasteiger charge is 2.36. The van der Waals surface area contributed by atoms with E-state index in [1.165, 1.54) is 0 Å². The van der Waals surface area contributed by atoms with E-state index in [0.717, 1.165) is 13.2 Å². The van der Waals surface area contributed by atoms with Crippen molar-refractivity contribution in [3.8, 4) is 0 Å². The first-order valence-corrected chi connectivity index (χ1v) is 14.3. The van der Waals surface area contributed by atoms with Crippen LogP contribution >= 0.6 is 0 Å². The second-order valence-corrected chi connectivity index (χ2v) is 13.9. The summed E-state index contributed by atoms with van der Waals surface area (Å²) in [6.45, 7) is 19.8. The number of ether oxygens (including phenoxy) is 6. The van der Waals surface area contributed by atoms with Crippen LogP contribution in [0.1, 0.15) is 20.8 Å². The van der Waals surface area contributed by atoms with Gasteiger partial charge in [0.05, 0.1) is 85.9 Å². The van der Waals surface area contributed by atoms with Crippen LogP contribution in [0.25, 0.3) is 0 Å². The SMILES string of the molecule is CN(C)CCOCCOCCOCCOCCOCCOCCO[Si](C)(C)C(C)(C)C. The molecule has 0 amide bonds. The lowest BCUT2D eigenvalue weighted by molar-refractivity contribution is -0.0183. The molecular weight excluding hydrogens is 418 g/mol. The zero-order valence-electron chi connectivity index (χ0n) is 21.2. The molecule has 0 spiro atoms. The molecule has 0 bridgehead atoms. The van der Waals surface area contributed by atoms with Crippen LogP contribution in [0.3, 0.4) is 0 Å². The minimum Gasteiger partial charge on any atom is -0.414 e. The minimum absolute atomic E-state index is 0.232. The van der Waals surface area contributed by atoms with E-state index in [2.05, 4.69) is 38.8 Å². The fraction of sp³-hybridized carbons (Fsp3) is 1.00. The van der Waals surface area contributed by atoms with Gasteiger partial charge < -0.3 is 37.7 Å². The highest BCUT2D eigenvalue weighted by atomic mass is 28.4. The third-order valence-electron chi connectivity index (χ3n) is 5.04. The first-order chi connectivity index (χ1) is 14.7. The highest BCUT2D eigenvalue weighted by Crippen LogP contribution is 2.36. The summed E-state index contributed by atoms with van der Waals surface area (Å²) < 4.78 is 38.9. The maximum Gasteiger partial charge on any atom is 0.192 e. The molecule has 0 aromatic carbocycles. The Morgan fingerprint density at radius 3 is 1.10 bits per heavy atom. The number of likely N-dealkylation sites (N-methyl/N-ethyl adjacent to an activating group) is 1. The Morgan fingerprint density at radius 2 is 0.806 bits per heavy atom. The minimum atomic E-state index is -1.67. The Bertz CT molecular complexity index is 393. The average molecular weight is 468 g/mol. The van der Waals surface area contributed by atoms with Crippen molar-refractivity contribution in [3.05, 3.63) is 0 Å². The smallest absolute Gasteiger partial charge is 0.192 e. The van der Waals surface area contributed by atoms with Crippen LogP contribution < -0.4 is 0 Å². The fourth-order valence-electron chi connectivity index (χ4n) is 2.02. The molecule has 8 nitrogen and oxygen atoms in total. The molecule has 0 aromatic heterocycles. The largest absolute Gasteiger partial charge is 0.414 e. The summed E-state index contributed by atoms with van der Waals surface area (Å²) in [4.78, 5) is 2.09. The standard InChI is InChI=1S/C22H49NO7Si/c1-22(2,3)31(6,7)30-21-20-29-19-18-28-17-16-27-15-14-26-13-12-25-11-10-24-9-8-23(4)5/h8-21H2,1-7H3. The molecule has 0 fully saturated rings. The van der Waals surface area contributed by atoms with E-state index in [1.807, 2.05) is 14.1 Å². The monoisotopic (exact) mass is 467 g/mol. The van der Waals surface area contributed by atoms with Gasteiger partial charge in [-0.25, -0.2) is 0 Å². The molecule has 0 rings (SSSR count). The van der Waals surface area contributed by atoms with Crippen LogP contribution in [0.5, 0.6) is 0 Å². The average Bonchev–Trinajstić information content (AvgIpc) is 2.68. The lowest BCUT2D eigenvalue weighted by Gasteiger charge is -2.36. The maximum absolute atomic E-state index is 6.06. The van der Waals surface area contributed by atoms with Gasteiger partial charge >= 0.3 is 0 Å². The van der Waals surface area contributed by atoms with Gasteiger partial charge in [-0.05, 0) is 32.2 Å². The van der Waals surface area contributed by atoms with Crippen LogP contribution in [0, 0.1) is 0 Å². The molecule has 0 saturated heterocycles. The van der Waals surface area contributed by atoms with Gasteiger partial charge in [-0.3, -0.25) is 0 Å². The van der Waals surface area contributed by atoms with Gasteiger partial charge in [-0.1, -0.05) is 20.8 Å². The first kappa shape index (κ1) is 30.9. The van der Waals surface area contributed by atoms with E-state index in [1.54, 1.807) is 0 Å². The number of nitrogens with zero attached hydrogens (tertiary/aromatic N) is 1. The van der Waals surface area contributed by atoms with Gasteiger partial charge in [0.2, 0.25) is 0 Å². The van der Waals surface area contributed by atoms with Crippen molar-refractivity contribution in [3.63, 3.8) is 0 Å². The molecule has 0 saturated carbocycles. The Balaban J connectivity index is 3.18. The van der Waals surface area contributed by atoms with Crippen LogP contribution in [0.15, 0.2) is 0 Å². The Kier molecular flexibility index (Phi) is 19.3. The molecule has 9 heteroatoms. The van der Waals surface area contributed by atoms with E-state index in [0.29, 0.717) is 79.3 Å². The molecule has 188 valence electrons. The van der Waals surface area contributed by atoms with Crippen molar-refractivity contribution < 1.29 is 32.8 Å². The summed E-state index contributed by atoms with van der Waals surface area (Å²) in [7, 11) is 2.38. The molecule has 0 aliphatic heterocycles. The Hall–Kier alpha value is -0.103. The molecule has 0 unspecified atom stereocenters. The van der Waals surface area contributed by atoms with Gasteiger partial charge in [0.15, 0.2) is 8.32 Å². The second kappa shape index (κ2) is 19.4. The molecule has 0 heterocycles. The molecular formula is C22H49NO7Si. The molecule has 0 radical (unpaired) electrons. The summed E-state index contributed by atoms with van der Waals surface area (Å²) in [5.41, 5.74) is 0. The van der Waals surface area contributed by atoms with E-state index in [-0.39, 0.29) is 5.04 Å². The maximum atomic E-state index is 6.06. The van der Waals surface area contributed by atoms with Crippen molar-refractivity contribution >= 4 is 8.32 Å². The molecule has 0 aliphatic carbocycles. The van der Waals surface area contributed by atoms with Gasteiger partial charge in [-0.2, -0.15) is 0 Å². The summed E-state index contributed by atoms with van der Waals surface area (Å²) in [5, 5.41) is 0.232. The predicted molar refractivity (Wildman–Crippen MR) is 127 cm³/mol. The quantitative estimate of drug-likeness (QED) is 0.178. The van der Waals surface area contributed by atoms with Crippen LogP contribution in [0.2, 0.25) is 18.1 Å². The van der Waals surface area contributed by atoms with Gasteiger partial charge in [0, 0.05) is 6.54 Å². The summed E-state index contributed by atoms with van der Waals surface area (Å²) in [5.74, 6) is 0. The van der Waals surface area contributed by atoms with Crippen molar-refractivity contribution in [2.75, 3.05) is 107 Å². The van der Waals surface area contributed by atoms with Gasteiger partial charge in [0.1, 0.15) is 0 Å². The lowest BCUT2D eigenvalue weighted by atomic mass is 10.2. The molecule has 31 heavy (non-hydrogen) atoms. The van der Waals surface area contributed by atoms with Gasteiger partial charge in [-0.15, -0.1) is 0 Å². The third kappa shape index (κ3) is 20.2. The number of hydrogen-bond donors (Lipinski definition) is 0. The normalized spacial score (nSPS) is 12.8. The molecule has 0 atom stereocenters. The Morgan fingerprint density at radius 1 is 0.516 bits per heavy atom. The van der Waals surface area contributed by atoms with Gasteiger partial charge in [0.25, 0.3) is 0 Å². The van der Waals surface area contributed by atoms with Crippen LogP contribution in [-0.4, -0.2) is 120 Å². The molecule has 0 N–H and O–H groups in total. The Labute approximate surface area is 191 Å². The van der Waals surface area contributed by atoms with Crippen molar-refractivity contribution in [2.24, 2.45) is 0 Å². The summed E-state index contributed by atoms with van der Waals surface area (Å²) in [6, 6.07) is 0. The first-order valence-electron chi connectivity index (χ1n) is 11.4. The summed E-state index contributed by atoms with van der Waals surface area (Å²) >= 11 is 0. The number of rotatable bonds is 22. The third-order valence-corrected chi connectivity index (χ3v) is 9.58. The van der Waals surface area contributed by atoms with Crippen molar-refractivity contribution in [1.82, 2.24) is 4.90 Å². The number of hydrogen-bond acceptors (Lipinski definition) is 8. The summed E-state index contributed by atoms with van der Waals surface area (Å²) in [6.07, 6.45) is 0. The van der Waals surface area contributed by atoms with E-state index in [9.17, 15) is 0 Å². The zero-order chi connectivity index (χ0) is 23.4. The lowest BCUT2D eigenvalue weighted by Crippen LogP contribution is -2.41. The zero-order valence-corrected chi connectivity index (χ0v) is 22.2. The van der Waals surface area contributed by atoms with Crippen LogP contribution in [-0.2, 0) is 32.8 Å². The van der Waals surface area contributed by atoms with Crippen molar-refractivity contribution in [2.45, 2.75) is 38.9 Å². The molecule has 0 aromatic rings. The van der Waals surface area contributed by atoms with Crippen LogP contribution in [0.4, 0.5) is 0 Å². The van der Waals surface area contributed by atoms with E-state index < -0.39 is 8.32 Å². The van der Waals surface area contributed by atoms with E-state index >= 15 is 0 Å². The van der Waals surface area contributed by atoms with E-state index in [4.69, 9.17) is 32.8 Å². The highest BCUT2D eigenvalue weighted by molar-refractivity contribution is 6.74. The van der Waals surface area contributed by atoms with Crippen molar-refractivity contribution in [1.29, 1.82) is 0 Å². The molecule has 0 aliphatic rings. The topological polar surface area (TPSA) is 67.9 Å².